The Balaban J connectivity index is 1.70. The van der Waals surface area contributed by atoms with Gasteiger partial charge in [0.05, 0.1) is 4.90 Å². The van der Waals surface area contributed by atoms with E-state index in [0.29, 0.717) is 36.8 Å². The first-order valence-electron chi connectivity index (χ1n) is 7.48. The number of piperazine rings is 1. The van der Waals surface area contributed by atoms with Gasteiger partial charge in [0, 0.05) is 32.4 Å². The first kappa shape index (κ1) is 15.8. The minimum absolute atomic E-state index is 0.0948. The maximum absolute atomic E-state index is 12.7. The molecule has 1 aromatic heterocycles. The molecule has 1 N–H and O–H groups in total. The Morgan fingerprint density at radius 1 is 1.09 bits per heavy atom. The van der Waals surface area contributed by atoms with Crippen molar-refractivity contribution in [1.29, 1.82) is 0 Å². The zero-order valence-corrected chi connectivity index (χ0v) is 13.7. The SMILES string of the molecule is Cc1cccc(S(=O)(=O)N2CCN(C(=O)c3ccc[nH]3)CC2)c1. The second-order valence-corrected chi connectivity index (χ2v) is 7.53. The van der Waals surface area contributed by atoms with Crippen molar-refractivity contribution in [2.45, 2.75) is 11.8 Å². The van der Waals surface area contributed by atoms with Gasteiger partial charge in [-0.2, -0.15) is 4.31 Å². The molecular formula is C16H19N3O3S. The fourth-order valence-corrected chi connectivity index (χ4v) is 4.22. The van der Waals surface area contributed by atoms with E-state index in [4.69, 9.17) is 0 Å². The second kappa shape index (κ2) is 6.17. The van der Waals surface area contributed by atoms with Crippen molar-refractivity contribution in [3.05, 3.63) is 53.9 Å². The van der Waals surface area contributed by atoms with Gasteiger partial charge in [0.15, 0.2) is 0 Å². The van der Waals surface area contributed by atoms with Crippen LogP contribution in [0.15, 0.2) is 47.5 Å². The molecule has 0 unspecified atom stereocenters. The summed E-state index contributed by atoms with van der Waals surface area (Å²) in [6, 6.07) is 10.4. The predicted octanol–water partition coefficient (Wildman–Crippen LogP) is 1.47. The predicted molar refractivity (Wildman–Crippen MR) is 86.6 cm³/mol. The van der Waals surface area contributed by atoms with Gasteiger partial charge in [-0.1, -0.05) is 12.1 Å². The lowest BCUT2D eigenvalue weighted by molar-refractivity contribution is 0.0692. The van der Waals surface area contributed by atoms with E-state index in [-0.39, 0.29) is 5.91 Å². The lowest BCUT2D eigenvalue weighted by Gasteiger charge is -2.33. The highest BCUT2D eigenvalue weighted by molar-refractivity contribution is 7.89. The number of amides is 1. The van der Waals surface area contributed by atoms with Crippen molar-refractivity contribution in [2.24, 2.45) is 0 Å². The molecule has 1 aliphatic rings. The molecule has 1 amide bonds. The summed E-state index contributed by atoms with van der Waals surface area (Å²) in [4.78, 5) is 17.1. The van der Waals surface area contributed by atoms with Crippen LogP contribution < -0.4 is 0 Å². The Bertz CT molecular complexity index is 792. The lowest BCUT2D eigenvalue weighted by Crippen LogP contribution is -2.50. The van der Waals surface area contributed by atoms with Crippen LogP contribution in [0.25, 0.3) is 0 Å². The normalized spacial score (nSPS) is 16.5. The Labute approximate surface area is 135 Å². The quantitative estimate of drug-likeness (QED) is 0.924. The molecule has 0 aliphatic carbocycles. The van der Waals surface area contributed by atoms with Crippen LogP contribution in [0.5, 0.6) is 0 Å². The molecule has 23 heavy (non-hydrogen) atoms. The third-order valence-corrected chi connectivity index (χ3v) is 5.88. The van der Waals surface area contributed by atoms with Crippen LogP contribution in [0.1, 0.15) is 16.1 Å². The van der Waals surface area contributed by atoms with Gasteiger partial charge in [0.25, 0.3) is 5.91 Å². The third kappa shape index (κ3) is 3.16. The van der Waals surface area contributed by atoms with E-state index in [1.165, 1.54) is 4.31 Å². The Kier molecular flexibility index (Phi) is 4.23. The molecule has 0 atom stereocenters. The summed E-state index contributed by atoms with van der Waals surface area (Å²) in [6.45, 7) is 3.27. The summed E-state index contributed by atoms with van der Waals surface area (Å²) in [5.74, 6) is -0.0948. The number of H-pyrrole nitrogens is 1. The molecule has 122 valence electrons. The lowest BCUT2D eigenvalue weighted by atomic mass is 10.2. The second-order valence-electron chi connectivity index (χ2n) is 5.60. The van der Waals surface area contributed by atoms with E-state index in [1.807, 2.05) is 13.0 Å². The topological polar surface area (TPSA) is 73.5 Å². The van der Waals surface area contributed by atoms with E-state index in [9.17, 15) is 13.2 Å². The molecule has 1 aromatic carbocycles. The van der Waals surface area contributed by atoms with Gasteiger partial charge in [0.2, 0.25) is 10.0 Å². The average molecular weight is 333 g/mol. The fourth-order valence-electron chi connectivity index (χ4n) is 2.69. The van der Waals surface area contributed by atoms with Crippen LogP contribution in [-0.2, 0) is 10.0 Å². The van der Waals surface area contributed by atoms with Crippen LogP contribution in [0.3, 0.4) is 0 Å². The molecule has 2 heterocycles. The highest BCUT2D eigenvalue weighted by Crippen LogP contribution is 2.19. The minimum Gasteiger partial charge on any atom is -0.357 e. The van der Waals surface area contributed by atoms with Crippen LogP contribution >= 0.6 is 0 Å². The highest BCUT2D eigenvalue weighted by Gasteiger charge is 2.30. The summed E-state index contributed by atoms with van der Waals surface area (Å²) >= 11 is 0. The summed E-state index contributed by atoms with van der Waals surface area (Å²) < 4.78 is 26.8. The van der Waals surface area contributed by atoms with Gasteiger partial charge in [-0.3, -0.25) is 4.79 Å². The van der Waals surface area contributed by atoms with Gasteiger partial charge < -0.3 is 9.88 Å². The minimum atomic E-state index is -3.50. The first-order chi connectivity index (χ1) is 11.0. The number of aromatic nitrogens is 1. The van der Waals surface area contributed by atoms with Gasteiger partial charge in [-0.05, 0) is 36.8 Å². The highest BCUT2D eigenvalue weighted by atomic mass is 32.2. The molecule has 1 saturated heterocycles. The van der Waals surface area contributed by atoms with Crippen LogP contribution in [0, 0.1) is 6.92 Å². The summed E-state index contributed by atoms with van der Waals surface area (Å²) in [7, 11) is -3.50. The molecule has 1 fully saturated rings. The van der Waals surface area contributed by atoms with Crippen molar-refractivity contribution >= 4 is 15.9 Å². The number of aromatic amines is 1. The monoisotopic (exact) mass is 333 g/mol. The Hall–Kier alpha value is -2.12. The van der Waals surface area contributed by atoms with Gasteiger partial charge in [0.1, 0.15) is 5.69 Å². The third-order valence-electron chi connectivity index (χ3n) is 3.98. The smallest absolute Gasteiger partial charge is 0.270 e. The van der Waals surface area contributed by atoms with Crippen LogP contribution in [-0.4, -0.2) is 54.7 Å². The number of aryl methyl sites for hydroxylation is 1. The number of carbonyl (C=O) groups excluding carboxylic acids is 1. The largest absolute Gasteiger partial charge is 0.357 e. The van der Waals surface area contributed by atoms with Crippen molar-refractivity contribution in [3.63, 3.8) is 0 Å². The van der Waals surface area contributed by atoms with Gasteiger partial charge in [-0.15, -0.1) is 0 Å². The zero-order valence-electron chi connectivity index (χ0n) is 12.9. The van der Waals surface area contributed by atoms with Gasteiger partial charge in [-0.25, -0.2) is 8.42 Å². The summed E-state index contributed by atoms with van der Waals surface area (Å²) in [5.41, 5.74) is 1.44. The summed E-state index contributed by atoms with van der Waals surface area (Å²) in [6.07, 6.45) is 1.70. The number of nitrogens with one attached hydrogen (secondary N) is 1. The number of benzene rings is 1. The Morgan fingerprint density at radius 3 is 2.43 bits per heavy atom. The molecule has 7 heteroatoms. The molecule has 1 aliphatic heterocycles. The van der Waals surface area contributed by atoms with E-state index in [1.54, 1.807) is 41.4 Å². The van der Waals surface area contributed by atoms with Crippen molar-refractivity contribution < 1.29 is 13.2 Å². The molecule has 6 nitrogen and oxygen atoms in total. The Morgan fingerprint density at radius 2 is 1.83 bits per heavy atom. The van der Waals surface area contributed by atoms with E-state index in [2.05, 4.69) is 4.98 Å². The molecule has 0 bridgehead atoms. The molecule has 0 radical (unpaired) electrons. The molecular weight excluding hydrogens is 314 g/mol. The standard InChI is InChI=1S/C16H19N3O3S/c1-13-4-2-5-14(12-13)23(21,22)19-10-8-18(9-11-19)16(20)15-6-3-7-17-15/h2-7,12,17H,8-11H2,1H3. The maximum Gasteiger partial charge on any atom is 0.270 e. The zero-order chi connectivity index (χ0) is 16.4. The fraction of sp³-hybridized carbons (Fsp3) is 0.312. The first-order valence-corrected chi connectivity index (χ1v) is 8.92. The number of nitrogens with zero attached hydrogens (tertiary/aromatic N) is 2. The number of carbonyl (C=O) groups is 1. The van der Waals surface area contributed by atoms with Gasteiger partial charge >= 0.3 is 0 Å². The van der Waals surface area contributed by atoms with Crippen LogP contribution in [0.4, 0.5) is 0 Å². The molecule has 0 saturated carbocycles. The number of hydrogen-bond acceptors (Lipinski definition) is 3. The van der Waals surface area contributed by atoms with E-state index in [0.717, 1.165) is 5.56 Å². The average Bonchev–Trinajstić information content (AvgIpc) is 3.09. The molecule has 3 rings (SSSR count). The van der Waals surface area contributed by atoms with Crippen molar-refractivity contribution in [2.75, 3.05) is 26.2 Å². The summed E-state index contributed by atoms with van der Waals surface area (Å²) in [5, 5.41) is 0. The number of hydrogen-bond donors (Lipinski definition) is 1. The maximum atomic E-state index is 12.7. The van der Waals surface area contributed by atoms with Crippen LogP contribution in [0.2, 0.25) is 0 Å². The van der Waals surface area contributed by atoms with Crippen molar-refractivity contribution in [1.82, 2.24) is 14.2 Å². The molecule has 0 spiro atoms. The van der Waals surface area contributed by atoms with E-state index < -0.39 is 10.0 Å². The molecule has 2 aromatic rings. The number of sulfonamides is 1. The van der Waals surface area contributed by atoms with E-state index >= 15 is 0 Å². The van der Waals surface area contributed by atoms with Crippen molar-refractivity contribution in [3.8, 4) is 0 Å². The number of rotatable bonds is 3.